The summed E-state index contributed by atoms with van der Waals surface area (Å²) in [6, 6.07) is 8.48. The van der Waals surface area contributed by atoms with E-state index in [1.807, 2.05) is 6.92 Å². The number of carbonyl (C=O) groups is 3. The van der Waals surface area contributed by atoms with Crippen LogP contribution in [-0.4, -0.2) is 53.2 Å². The first-order valence-corrected chi connectivity index (χ1v) is 11.7. The van der Waals surface area contributed by atoms with Crippen molar-refractivity contribution in [2.45, 2.75) is 27.0 Å². The number of hydrogen-bond acceptors (Lipinski definition) is 7. The van der Waals surface area contributed by atoms with Gasteiger partial charge in [0.15, 0.2) is 6.73 Å². The predicted molar refractivity (Wildman–Crippen MR) is 130 cm³/mol. The molecule has 0 aliphatic carbocycles. The van der Waals surface area contributed by atoms with Gasteiger partial charge in [-0.2, -0.15) is 5.10 Å². The summed E-state index contributed by atoms with van der Waals surface area (Å²) < 4.78 is 12.3. The lowest BCUT2D eigenvalue weighted by Crippen LogP contribution is -2.21. The number of para-hydroxylation sites is 1. The van der Waals surface area contributed by atoms with E-state index in [1.165, 1.54) is 21.8 Å². The van der Waals surface area contributed by atoms with Gasteiger partial charge in [0.25, 0.3) is 11.8 Å². The maximum absolute atomic E-state index is 13.1. The van der Waals surface area contributed by atoms with Gasteiger partial charge in [0.1, 0.15) is 16.4 Å². The normalized spacial score (nSPS) is 10.6. The fraction of sp³-hybridized carbons (Fsp3) is 0.304. The number of amides is 2. The Labute approximate surface area is 206 Å². The molecule has 180 valence electrons. The van der Waals surface area contributed by atoms with Crippen LogP contribution in [0.3, 0.4) is 0 Å². The molecule has 34 heavy (non-hydrogen) atoms. The Morgan fingerprint density at radius 2 is 1.94 bits per heavy atom. The summed E-state index contributed by atoms with van der Waals surface area (Å²) in [5, 5.41) is 7.54. The number of nitrogens with one attached hydrogen (secondary N) is 1. The maximum atomic E-state index is 13.1. The number of halogens is 1. The minimum absolute atomic E-state index is 0.0568. The van der Waals surface area contributed by atoms with Crippen LogP contribution in [0.5, 0.6) is 5.75 Å². The molecule has 2 amide bonds. The third kappa shape index (κ3) is 5.57. The molecular formula is C23H25ClN4O5S. The molecule has 0 aliphatic rings. The van der Waals surface area contributed by atoms with Gasteiger partial charge in [-0.25, -0.2) is 9.48 Å². The average molecular weight is 505 g/mol. The molecule has 0 saturated carbocycles. The number of carbonyl (C=O) groups excluding carboxylic acids is 3. The highest BCUT2D eigenvalue weighted by Gasteiger charge is 2.28. The van der Waals surface area contributed by atoms with Crippen LogP contribution in [0.2, 0.25) is 5.02 Å². The zero-order valence-corrected chi connectivity index (χ0v) is 20.8. The van der Waals surface area contributed by atoms with Crippen LogP contribution in [0, 0.1) is 6.92 Å². The Balaban J connectivity index is 1.86. The van der Waals surface area contributed by atoms with Gasteiger partial charge in [0.2, 0.25) is 0 Å². The van der Waals surface area contributed by atoms with Crippen LogP contribution < -0.4 is 10.1 Å². The summed E-state index contributed by atoms with van der Waals surface area (Å²) in [5.41, 5.74) is 0.817. The zero-order chi connectivity index (χ0) is 24.8. The zero-order valence-electron chi connectivity index (χ0n) is 19.3. The molecule has 0 aliphatic heterocycles. The molecule has 0 bridgehead atoms. The van der Waals surface area contributed by atoms with Crippen molar-refractivity contribution < 1.29 is 23.9 Å². The molecule has 0 saturated heterocycles. The second-order valence-electron chi connectivity index (χ2n) is 7.47. The first-order chi connectivity index (χ1) is 16.2. The Morgan fingerprint density at radius 1 is 1.21 bits per heavy atom. The van der Waals surface area contributed by atoms with Gasteiger partial charge in [-0.15, -0.1) is 11.3 Å². The van der Waals surface area contributed by atoms with Crippen molar-refractivity contribution in [3.63, 3.8) is 0 Å². The van der Waals surface area contributed by atoms with Gasteiger partial charge in [-0.05, 0) is 37.1 Å². The summed E-state index contributed by atoms with van der Waals surface area (Å²) in [7, 11) is 3.23. The van der Waals surface area contributed by atoms with Crippen molar-refractivity contribution in [1.29, 1.82) is 0 Å². The van der Waals surface area contributed by atoms with Crippen LogP contribution in [0.1, 0.15) is 49.4 Å². The van der Waals surface area contributed by atoms with Crippen LogP contribution >= 0.6 is 22.9 Å². The van der Waals surface area contributed by atoms with Gasteiger partial charge in [-0.1, -0.05) is 30.7 Å². The van der Waals surface area contributed by atoms with E-state index in [-0.39, 0.29) is 35.5 Å². The van der Waals surface area contributed by atoms with E-state index >= 15 is 0 Å². The van der Waals surface area contributed by atoms with Gasteiger partial charge in [-0.3, -0.25) is 9.59 Å². The second-order valence-corrected chi connectivity index (χ2v) is 8.90. The summed E-state index contributed by atoms with van der Waals surface area (Å²) in [4.78, 5) is 40.2. The molecule has 0 atom stereocenters. The van der Waals surface area contributed by atoms with E-state index in [4.69, 9.17) is 21.1 Å². The van der Waals surface area contributed by atoms with Gasteiger partial charge < -0.3 is 19.7 Å². The lowest BCUT2D eigenvalue weighted by atomic mass is 10.1. The number of thiophene rings is 1. The Morgan fingerprint density at radius 3 is 2.62 bits per heavy atom. The number of ether oxygens (including phenoxy) is 2. The molecule has 0 unspecified atom stereocenters. The highest BCUT2D eigenvalue weighted by molar-refractivity contribution is 7.18. The van der Waals surface area contributed by atoms with Crippen LogP contribution in [-0.2, 0) is 11.5 Å². The standard InChI is InChI=1S/C23H25ClN4O5S/c1-5-12-32-23(31)18-14(2)19(22(30)27(3)4)34-21(18)26-20(29)16-10-11-25-28(16)13-33-17-9-7-6-8-15(17)24/h6-11H,5,12-13H2,1-4H3,(H,26,29). The van der Waals surface area contributed by atoms with E-state index in [2.05, 4.69) is 10.4 Å². The SMILES string of the molecule is CCCOC(=O)c1c(NC(=O)c2ccnn2COc2ccccc2Cl)sc(C(=O)N(C)C)c1C. The second kappa shape index (κ2) is 11.2. The van der Waals surface area contributed by atoms with Crippen molar-refractivity contribution in [2.75, 3.05) is 26.0 Å². The number of nitrogens with zero attached hydrogens (tertiary/aromatic N) is 3. The van der Waals surface area contributed by atoms with E-state index in [9.17, 15) is 14.4 Å². The lowest BCUT2D eigenvalue weighted by Gasteiger charge is -2.11. The van der Waals surface area contributed by atoms with E-state index in [0.29, 0.717) is 27.6 Å². The quantitative estimate of drug-likeness (QED) is 0.431. The van der Waals surface area contributed by atoms with E-state index in [0.717, 1.165) is 11.3 Å². The van der Waals surface area contributed by atoms with Crippen molar-refractivity contribution in [2.24, 2.45) is 0 Å². The first kappa shape index (κ1) is 25.3. The minimum Gasteiger partial charge on any atom is -0.470 e. The molecule has 9 nitrogen and oxygen atoms in total. The van der Waals surface area contributed by atoms with Gasteiger partial charge >= 0.3 is 5.97 Å². The number of esters is 1. The largest absolute Gasteiger partial charge is 0.470 e. The van der Waals surface area contributed by atoms with E-state index in [1.54, 1.807) is 45.3 Å². The summed E-state index contributed by atoms with van der Waals surface area (Å²) in [6.07, 6.45) is 2.10. The number of anilines is 1. The molecule has 2 heterocycles. The molecule has 3 aromatic rings. The average Bonchev–Trinajstić information content (AvgIpc) is 3.40. The van der Waals surface area contributed by atoms with Crippen molar-refractivity contribution in [1.82, 2.24) is 14.7 Å². The van der Waals surface area contributed by atoms with E-state index < -0.39 is 11.9 Å². The summed E-state index contributed by atoms with van der Waals surface area (Å²) >= 11 is 7.14. The van der Waals surface area contributed by atoms with Gasteiger partial charge in [0, 0.05) is 20.3 Å². The third-order valence-corrected chi connectivity index (χ3v) is 6.25. The molecular weight excluding hydrogens is 480 g/mol. The number of benzene rings is 1. The molecule has 11 heteroatoms. The molecule has 0 radical (unpaired) electrons. The van der Waals surface area contributed by atoms with Gasteiger partial charge in [0.05, 0.1) is 22.1 Å². The van der Waals surface area contributed by atoms with Crippen LogP contribution in [0.4, 0.5) is 5.00 Å². The molecule has 1 aromatic carbocycles. The molecule has 3 rings (SSSR count). The minimum atomic E-state index is -0.598. The highest BCUT2D eigenvalue weighted by Crippen LogP contribution is 2.35. The Hall–Kier alpha value is -3.37. The number of aromatic nitrogens is 2. The fourth-order valence-electron chi connectivity index (χ4n) is 3.01. The molecule has 2 aromatic heterocycles. The third-order valence-electron chi connectivity index (χ3n) is 4.74. The summed E-state index contributed by atoms with van der Waals surface area (Å²) in [5.74, 6) is -0.937. The highest BCUT2D eigenvalue weighted by atomic mass is 35.5. The van der Waals surface area contributed by atoms with Crippen molar-refractivity contribution >= 4 is 45.7 Å². The maximum Gasteiger partial charge on any atom is 0.341 e. The predicted octanol–water partition coefficient (Wildman–Crippen LogP) is 4.46. The lowest BCUT2D eigenvalue weighted by molar-refractivity contribution is 0.0506. The molecule has 0 spiro atoms. The number of hydrogen-bond donors (Lipinski definition) is 1. The monoisotopic (exact) mass is 504 g/mol. The smallest absolute Gasteiger partial charge is 0.341 e. The van der Waals surface area contributed by atoms with Crippen molar-refractivity contribution in [3.8, 4) is 5.75 Å². The summed E-state index contributed by atoms with van der Waals surface area (Å²) in [6.45, 7) is 3.71. The number of rotatable bonds is 9. The first-order valence-electron chi connectivity index (χ1n) is 10.5. The molecule has 1 N–H and O–H groups in total. The Bertz CT molecular complexity index is 1200. The molecule has 0 fully saturated rings. The fourth-order valence-corrected chi connectivity index (χ4v) is 4.41. The topological polar surface area (TPSA) is 103 Å². The van der Waals surface area contributed by atoms with Crippen molar-refractivity contribution in [3.05, 3.63) is 63.2 Å². The van der Waals surface area contributed by atoms with Crippen LogP contribution in [0.25, 0.3) is 0 Å². The van der Waals surface area contributed by atoms with Crippen LogP contribution in [0.15, 0.2) is 36.5 Å². The Kier molecular flexibility index (Phi) is 8.30.